The summed E-state index contributed by atoms with van der Waals surface area (Å²) in [6, 6.07) is 5.55. The lowest BCUT2D eigenvalue weighted by molar-refractivity contribution is -0.140. The van der Waals surface area contributed by atoms with E-state index in [4.69, 9.17) is 9.47 Å². The predicted octanol–water partition coefficient (Wildman–Crippen LogP) is 0.977. The Morgan fingerprint density at radius 1 is 1.25 bits per heavy atom. The van der Waals surface area contributed by atoms with Crippen LogP contribution in [0, 0.1) is 0 Å². The summed E-state index contributed by atoms with van der Waals surface area (Å²) in [7, 11) is 1.59. The molecule has 1 saturated heterocycles. The van der Waals surface area contributed by atoms with Crippen LogP contribution in [0.4, 0.5) is 0 Å². The quantitative estimate of drug-likeness (QED) is 0.593. The van der Waals surface area contributed by atoms with Crippen molar-refractivity contribution in [1.82, 2.24) is 10.2 Å². The van der Waals surface area contributed by atoms with Gasteiger partial charge < -0.3 is 14.8 Å². The summed E-state index contributed by atoms with van der Waals surface area (Å²) < 4.78 is 10.3. The lowest BCUT2D eigenvalue weighted by atomic mass is 10.1. The number of carbonyl (C=O) groups is 3. The number of nitrogens with zero attached hydrogens (tertiary/aromatic N) is 1. The number of hydrogen-bond donors (Lipinski definition) is 1. The number of rotatable bonds is 7. The molecule has 0 spiro atoms. The minimum atomic E-state index is -0.801. The van der Waals surface area contributed by atoms with E-state index in [1.54, 1.807) is 45.2 Å². The van der Waals surface area contributed by atoms with E-state index in [0.29, 0.717) is 24.5 Å². The van der Waals surface area contributed by atoms with Crippen molar-refractivity contribution in [3.8, 4) is 5.75 Å². The number of nitrogens with one attached hydrogen (secondary N) is 1. The standard InChI is InChI=1S/C17H22N2O5/c1-11(2)19-15(20)10-14(17(19)22)18-16(21)12-4-6-13(7-5-12)24-9-8-23-3/h4-7,11,14H,8-10H2,1-3H3,(H,18,21)/t14-/m1/s1. The van der Waals surface area contributed by atoms with Crippen molar-refractivity contribution in [2.75, 3.05) is 20.3 Å². The van der Waals surface area contributed by atoms with E-state index in [0.717, 1.165) is 0 Å². The highest BCUT2D eigenvalue weighted by Gasteiger charge is 2.40. The van der Waals surface area contributed by atoms with E-state index < -0.39 is 11.9 Å². The van der Waals surface area contributed by atoms with E-state index in [2.05, 4.69) is 5.32 Å². The van der Waals surface area contributed by atoms with Gasteiger partial charge in [-0.25, -0.2) is 0 Å². The maximum absolute atomic E-state index is 12.2. The van der Waals surface area contributed by atoms with Gasteiger partial charge in [-0.15, -0.1) is 0 Å². The first-order chi connectivity index (χ1) is 11.4. The van der Waals surface area contributed by atoms with Crippen LogP contribution in [-0.4, -0.2) is 55.0 Å². The molecule has 0 unspecified atom stereocenters. The van der Waals surface area contributed by atoms with Gasteiger partial charge in [-0.3, -0.25) is 19.3 Å². The molecule has 7 nitrogen and oxygen atoms in total. The summed E-state index contributed by atoms with van der Waals surface area (Å²) in [5.41, 5.74) is 0.400. The van der Waals surface area contributed by atoms with Crippen LogP contribution in [0.15, 0.2) is 24.3 Å². The Labute approximate surface area is 140 Å². The number of ether oxygens (including phenoxy) is 2. The fourth-order valence-electron chi connectivity index (χ4n) is 2.49. The average molecular weight is 334 g/mol. The SMILES string of the molecule is COCCOc1ccc(C(=O)N[C@@H]2CC(=O)N(C(C)C)C2=O)cc1. The van der Waals surface area contributed by atoms with Crippen LogP contribution in [0.3, 0.4) is 0 Å². The van der Waals surface area contributed by atoms with Crippen molar-refractivity contribution in [2.45, 2.75) is 32.4 Å². The molecular formula is C17H22N2O5. The third-order valence-corrected chi connectivity index (χ3v) is 3.68. The first-order valence-corrected chi connectivity index (χ1v) is 7.82. The normalized spacial score (nSPS) is 17.5. The summed E-state index contributed by atoms with van der Waals surface area (Å²) in [6.07, 6.45) is 0.000958. The Bertz CT molecular complexity index is 612. The number of carbonyl (C=O) groups excluding carboxylic acids is 3. The van der Waals surface area contributed by atoms with Gasteiger partial charge >= 0.3 is 0 Å². The lowest BCUT2D eigenvalue weighted by Gasteiger charge is -2.19. The molecule has 130 valence electrons. The smallest absolute Gasteiger partial charge is 0.252 e. The molecule has 0 bridgehead atoms. The van der Waals surface area contributed by atoms with Crippen molar-refractivity contribution < 1.29 is 23.9 Å². The highest BCUT2D eigenvalue weighted by atomic mass is 16.5. The Kier molecular flexibility index (Phi) is 5.92. The van der Waals surface area contributed by atoms with Gasteiger partial charge in [-0.1, -0.05) is 0 Å². The summed E-state index contributed by atoms with van der Waals surface area (Å²) in [6.45, 7) is 4.43. The number of benzene rings is 1. The molecule has 1 aromatic rings. The molecule has 1 N–H and O–H groups in total. The zero-order chi connectivity index (χ0) is 17.7. The van der Waals surface area contributed by atoms with Crippen LogP contribution in [-0.2, 0) is 14.3 Å². The van der Waals surface area contributed by atoms with Crippen LogP contribution < -0.4 is 10.1 Å². The third-order valence-electron chi connectivity index (χ3n) is 3.68. The molecule has 1 atom stereocenters. The second-order valence-electron chi connectivity index (χ2n) is 5.79. The molecule has 0 aromatic heterocycles. The molecule has 24 heavy (non-hydrogen) atoms. The number of methoxy groups -OCH3 is 1. The van der Waals surface area contributed by atoms with Gasteiger partial charge in [-0.2, -0.15) is 0 Å². The Hall–Kier alpha value is -2.41. The zero-order valence-corrected chi connectivity index (χ0v) is 14.1. The van der Waals surface area contributed by atoms with Crippen LogP contribution >= 0.6 is 0 Å². The van der Waals surface area contributed by atoms with E-state index in [9.17, 15) is 14.4 Å². The van der Waals surface area contributed by atoms with Crippen LogP contribution in [0.1, 0.15) is 30.6 Å². The molecule has 1 heterocycles. The molecular weight excluding hydrogens is 312 g/mol. The van der Waals surface area contributed by atoms with Crippen molar-refractivity contribution in [3.63, 3.8) is 0 Å². The lowest BCUT2D eigenvalue weighted by Crippen LogP contribution is -2.43. The molecule has 2 rings (SSSR count). The van der Waals surface area contributed by atoms with Crippen molar-refractivity contribution in [1.29, 1.82) is 0 Å². The molecule has 0 saturated carbocycles. The fourth-order valence-corrected chi connectivity index (χ4v) is 2.49. The third kappa shape index (κ3) is 4.11. The molecule has 1 fully saturated rings. The fraction of sp³-hybridized carbons (Fsp3) is 0.471. The van der Waals surface area contributed by atoms with Crippen molar-refractivity contribution in [2.24, 2.45) is 0 Å². The summed E-state index contributed by atoms with van der Waals surface area (Å²) in [5.74, 6) is -0.387. The Morgan fingerprint density at radius 2 is 1.92 bits per heavy atom. The van der Waals surface area contributed by atoms with E-state index in [1.807, 2.05) is 0 Å². The van der Waals surface area contributed by atoms with Crippen LogP contribution in [0.25, 0.3) is 0 Å². The maximum Gasteiger partial charge on any atom is 0.252 e. The monoisotopic (exact) mass is 334 g/mol. The Morgan fingerprint density at radius 3 is 2.46 bits per heavy atom. The van der Waals surface area contributed by atoms with Crippen molar-refractivity contribution >= 4 is 17.7 Å². The second kappa shape index (κ2) is 7.92. The van der Waals surface area contributed by atoms with Crippen LogP contribution in [0.5, 0.6) is 5.75 Å². The van der Waals surface area contributed by atoms with E-state index >= 15 is 0 Å². The molecule has 1 aliphatic rings. The number of likely N-dealkylation sites (tertiary alicyclic amines) is 1. The first kappa shape index (κ1) is 17.9. The average Bonchev–Trinajstić information content (AvgIpc) is 2.82. The summed E-state index contributed by atoms with van der Waals surface area (Å²) in [5, 5.41) is 2.62. The molecule has 7 heteroatoms. The topological polar surface area (TPSA) is 84.9 Å². The minimum Gasteiger partial charge on any atom is -0.491 e. The highest BCUT2D eigenvalue weighted by Crippen LogP contribution is 2.17. The number of hydrogen-bond acceptors (Lipinski definition) is 5. The minimum absolute atomic E-state index is 0.000958. The van der Waals surface area contributed by atoms with Gasteiger partial charge in [0.25, 0.3) is 11.8 Å². The first-order valence-electron chi connectivity index (χ1n) is 7.82. The molecule has 1 aliphatic heterocycles. The molecule has 0 aliphatic carbocycles. The van der Waals surface area contributed by atoms with Gasteiger partial charge in [0.1, 0.15) is 18.4 Å². The molecule has 3 amide bonds. The molecule has 0 radical (unpaired) electrons. The highest BCUT2D eigenvalue weighted by molar-refractivity contribution is 6.08. The largest absolute Gasteiger partial charge is 0.491 e. The number of imide groups is 1. The zero-order valence-electron chi connectivity index (χ0n) is 14.1. The Balaban J connectivity index is 1.95. The molecule has 1 aromatic carbocycles. The van der Waals surface area contributed by atoms with Crippen molar-refractivity contribution in [3.05, 3.63) is 29.8 Å². The summed E-state index contributed by atoms with van der Waals surface area (Å²) in [4.78, 5) is 37.5. The maximum atomic E-state index is 12.2. The number of amides is 3. The summed E-state index contributed by atoms with van der Waals surface area (Å²) >= 11 is 0. The van der Waals surface area contributed by atoms with Gasteiger partial charge in [0, 0.05) is 18.7 Å². The van der Waals surface area contributed by atoms with Gasteiger partial charge in [0.15, 0.2) is 0 Å². The second-order valence-corrected chi connectivity index (χ2v) is 5.79. The predicted molar refractivity (Wildman–Crippen MR) is 86.7 cm³/mol. The van der Waals surface area contributed by atoms with E-state index in [-0.39, 0.29) is 24.3 Å². The van der Waals surface area contributed by atoms with Gasteiger partial charge in [0.2, 0.25) is 5.91 Å². The van der Waals surface area contributed by atoms with Gasteiger partial charge in [0.05, 0.1) is 13.0 Å². The van der Waals surface area contributed by atoms with Crippen LogP contribution in [0.2, 0.25) is 0 Å². The van der Waals surface area contributed by atoms with Gasteiger partial charge in [-0.05, 0) is 38.1 Å². The van der Waals surface area contributed by atoms with E-state index in [1.165, 1.54) is 4.90 Å².